The van der Waals surface area contributed by atoms with E-state index in [2.05, 4.69) is 5.32 Å². The van der Waals surface area contributed by atoms with Gasteiger partial charge in [-0.15, -0.1) is 0 Å². The fourth-order valence-corrected chi connectivity index (χ4v) is 4.21. The number of likely N-dealkylation sites (tertiary alicyclic amines) is 1. The summed E-state index contributed by atoms with van der Waals surface area (Å²) in [7, 11) is 0. The van der Waals surface area contributed by atoms with Crippen molar-refractivity contribution in [3.8, 4) is 0 Å². The summed E-state index contributed by atoms with van der Waals surface area (Å²) in [5, 5.41) is 12.5. The average molecular weight is 424 g/mol. The van der Waals surface area contributed by atoms with Gasteiger partial charge in [0.05, 0.1) is 17.6 Å². The number of thioether (sulfide) groups is 1. The molecule has 1 aromatic rings. The summed E-state index contributed by atoms with van der Waals surface area (Å²) < 4.78 is 0. The van der Waals surface area contributed by atoms with Crippen molar-refractivity contribution in [1.29, 1.82) is 0 Å². The highest BCUT2D eigenvalue weighted by Crippen LogP contribution is 2.33. The van der Waals surface area contributed by atoms with Gasteiger partial charge < -0.3 is 10.4 Å². The van der Waals surface area contributed by atoms with Crippen LogP contribution in [0.25, 0.3) is 6.08 Å². The van der Waals surface area contributed by atoms with E-state index in [0.29, 0.717) is 22.0 Å². The SMILES string of the molecule is O=C(CN1CCC[C@H](O)C1)NCCN1C(=O)S/C(=C/c2ccccc2Cl)C1=O. The van der Waals surface area contributed by atoms with Gasteiger partial charge in [0.2, 0.25) is 5.91 Å². The molecule has 2 heterocycles. The molecular weight excluding hydrogens is 402 g/mol. The molecule has 3 amide bonds. The number of aliphatic hydroxyl groups excluding tert-OH is 1. The molecule has 2 aliphatic heterocycles. The van der Waals surface area contributed by atoms with Crippen LogP contribution in [0.5, 0.6) is 0 Å². The molecular formula is C19H22ClN3O4S. The fraction of sp³-hybridized carbons (Fsp3) is 0.421. The van der Waals surface area contributed by atoms with Crippen LogP contribution in [0, 0.1) is 0 Å². The Labute approximate surface area is 172 Å². The number of benzene rings is 1. The van der Waals surface area contributed by atoms with Crippen LogP contribution in [-0.4, -0.2) is 70.8 Å². The minimum absolute atomic E-state index is 0.110. The molecule has 2 N–H and O–H groups in total. The Hall–Kier alpha value is -1.87. The van der Waals surface area contributed by atoms with Crippen molar-refractivity contribution in [2.24, 2.45) is 0 Å². The highest BCUT2D eigenvalue weighted by Gasteiger charge is 2.34. The van der Waals surface area contributed by atoms with E-state index in [4.69, 9.17) is 11.6 Å². The predicted molar refractivity (Wildman–Crippen MR) is 109 cm³/mol. The number of hydrogen-bond donors (Lipinski definition) is 2. The lowest BCUT2D eigenvalue weighted by Gasteiger charge is -2.29. The molecule has 3 rings (SSSR count). The monoisotopic (exact) mass is 423 g/mol. The Morgan fingerprint density at radius 1 is 1.36 bits per heavy atom. The number of piperidine rings is 1. The number of β-amino-alcohol motifs (C(OH)–C–C–N with tert-alkyl or cyclic N) is 1. The molecule has 0 bridgehead atoms. The van der Waals surface area contributed by atoms with Crippen molar-refractivity contribution in [3.05, 3.63) is 39.8 Å². The summed E-state index contributed by atoms with van der Waals surface area (Å²) in [5.41, 5.74) is 0.673. The number of halogens is 1. The van der Waals surface area contributed by atoms with Gasteiger partial charge in [-0.2, -0.15) is 0 Å². The summed E-state index contributed by atoms with van der Waals surface area (Å²) in [6, 6.07) is 7.08. The number of hydrogen-bond acceptors (Lipinski definition) is 6. The molecule has 0 unspecified atom stereocenters. The van der Waals surface area contributed by atoms with Crippen LogP contribution < -0.4 is 5.32 Å². The molecule has 150 valence electrons. The Morgan fingerprint density at radius 3 is 2.89 bits per heavy atom. The third-order valence-corrected chi connectivity index (χ3v) is 5.82. The van der Waals surface area contributed by atoms with Crippen LogP contribution in [0.3, 0.4) is 0 Å². The molecule has 1 aromatic carbocycles. The Kier molecular flexibility index (Phi) is 7.12. The average Bonchev–Trinajstić information content (AvgIpc) is 2.91. The number of carbonyl (C=O) groups is 3. The zero-order valence-electron chi connectivity index (χ0n) is 15.3. The van der Waals surface area contributed by atoms with Crippen LogP contribution in [0.1, 0.15) is 18.4 Å². The smallest absolute Gasteiger partial charge is 0.293 e. The Bertz CT molecular complexity index is 801. The minimum atomic E-state index is -0.387. The normalized spacial score (nSPS) is 22.1. The molecule has 0 radical (unpaired) electrons. The molecule has 9 heteroatoms. The first kappa shape index (κ1) is 20.9. The van der Waals surface area contributed by atoms with Gasteiger partial charge in [0, 0.05) is 24.7 Å². The molecule has 28 heavy (non-hydrogen) atoms. The van der Waals surface area contributed by atoms with E-state index >= 15 is 0 Å². The van der Waals surface area contributed by atoms with Gasteiger partial charge in [-0.25, -0.2) is 0 Å². The maximum Gasteiger partial charge on any atom is 0.293 e. The Balaban J connectivity index is 1.49. The van der Waals surface area contributed by atoms with Crippen molar-refractivity contribution in [1.82, 2.24) is 15.1 Å². The second kappa shape index (κ2) is 9.56. The van der Waals surface area contributed by atoms with Crippen LogP contribution >= 0.6 is 23.4 Å². The molecule has 0 saturated carbocycles. The number of rotatable bonds is 6. The first-order valence-corrected chi connectivity index (χ1v) is 10.3. The number of nitrogens with one attached hydrogen (secondary N) is 1. The molecule has 0 aromatic heterocycles. The van der Waals surface area contributed by atoms with Crippen molar-refractivity contribution in [2.45, 2.75) is 18.9 Å². The van der Waals surface area contributed by atoms with Crippen LogP contribution in [-0.2, 0) is 9.59 Å². The number of amides is 3. The van der Waals surface area contributed by atoms with Crippen molar-refractivity contribution < 1.29 is 19.5 Å². The van der Waals surface area contributed by atoms with Crippen LogP contribution in [0.4, 0.5) is 4.79 Å². The number of nitrogens with zero attached hydrogens (tertiary/aromatic N) is 2. The van der Waals surface area contributed by atoms with Crippen molar-refractivity contribution in [2.75, 3.05) is 32.7 Å². The minimum Gasteiger partial charge on any atom is -0.392 e. The quantitative estimate of drug-likeness (QED) is 0.680. The summed E-state index contributed by atoms with van der Waals surface area (Å²) in [6.45, 7) is 1.76. The lowest BCUT2D eigenvalue weighted by molar-refractivity contribution is -0.125. The standard InChI is InChI=1S/C19H22ClN3O4S/c20-15-6-2-1-4-13(15)10-16-18(26)23(19(27)28-16)9-7-21-17(25)12-22-8-3-5-14(24)11-22/h1-2,4,6,10,14,24H,3,5,7-9,11-12H2,(H,21,25)/b16-10+/t14-/m0/s1. The lowest BCUT2D eigenvalue weighted by atomic mass is 10.1. The van der Waals surface area contributed by atoms with E-state index < -0.39 is 0 Å². The predicted octanol–water partition coefficient (Wildman–Crippen LogP) is 1.95. The van der Waals surface area contributed by atoms with Gasteiger partial charge in [0.1, 0.15) is 0 Å². The van der Waals surface area contributed by atoms with Gasteiger partial charge in [-0.05, 0) is 48.9 Å². The first-order valence-electron chi connectivity index (χ1n) is 9.11. The van der Waals surface area contributed by atoms with Crippen LogP contribution in [0.2, 0.25) is 5.02 Å². The second-order valence-corrected chi connectivity index (χ2v) is 8.14. The topological polar surface area (TPSA) is 90.0 Å². The van der Waals surface area contributed by atoms with E-state index in [9.17, 15) is 19.5 Å². The second-order valence-electron chi connectivity index (χ2n) is 6.74. The van der Waals surface area contributed by atoms with E-state index in [-0.39, 0.29) is 42.8 Å². The van der Waals surface area contributed by atoms with E-state index in [0.717, 1.165) is 36.0 Å². The van der Waals surface area contributed by atoms with Crippen molar-refractivity contribution in [3.63, 3.8) is 0 Å². The summed E-state index contributed by atoms with van der Waals surface area (Å²) >= 11 is 6.96. The van der Waals surface area contributed by atoms with E-state index in [1.165, 1.54) is 0 Å². The molecule has 7 nitrogen and oxygen atoms in total. The molecule has 2 saturated heterocycles. The third kappa shape index (κ3) is 5.35. The fourth-order valence-electron chi connectivity index (χ4n) is 3.17. The van der Waals surface area contributed by atoms with E-state index in [1.807, 2.05) is 4.90 Å². The number of aliphatic hydroxyl groups is 1. The summed E-state index contributed by atoms with van der Waals surface area (Å²) in [5.74, 6) is -0.573. The maximum atomic E-state index is 12.5. The lowest BCUT2D eigenvalue weighted by Crippen LogP contribution is -2.45. The van der Waals surface area contributed by atoms with Gasteiger partial charge in [0.15, 0.2) is 0 Å². The maximum absolute atomic E-state index is 12.5. The zero-order valence-corrected chi connectivity index (χ0v) is 16.8. The third-order valence-electron chi connectivity index (χ3n) is 4.57. The van der Waals surface area contributed by atoms with Gasteiger partial charge in [0.25, 0.3) is 11.1 Å². The van der Waals surface area contributed by atoms with E-state index in [1.54, 1.807) is 30.3 Å². The molecule has 0 spiro atoms. The molecule has 2 fully saturated rings. The Morgan fingerprint density at radius 2 is 2.14 bits per heavy atom. The molecule has 0 aliphatic carbocycles. The number of imide groups is 1. The zero-order chi connectivity index (χ0) is 20.1. The number of carbonyl (C=O) groups excluding carboxylic acids is 3. The van der Waals surface area contributed by atoms with Gasteiger partial charge in [-0.1, -0.05) is 29.8 Å². The van der Waals surface area contributed by atoms with Gasteiger partial charge >= 0.3 is 0 Å². The largest absolute Gasteiger partial charge is 0.392 e. The highest BCUT2D eigenvalue weighted by molar-refractivity contribution is 8.18. The molecule has 2 aliphatic rings. The highest BCUT2D eigenvalue weighted by atomic mass is 35.5. The molecule has 1 atom stereocenters. The van der Waals surface area contributed by atoms with Crippen molar-refractivity contribution >= 4 is 46.5 Å². The van der Waals surface area contributed by atoms with Crippen LogP contribution in [0.15, 0.2) is 29.2 Å². The summed E-state index contributed by atoms with van der Waals surface area (Å²) in [4.78, 5) is 40.0. The summed E-state index contributed by atoms with van der Waals surface area (Å²) in [6.07, 6.45) is 2.84. The first-order chi connectivity index (χ1) is 13.4. The van der Waals surface area contributed by atoms with Gasteiger partial charge in [-0.3, -0.25) is 24.2 Å².